The Morgan fingerprint density at radius 2 is 1.85 bits per heavy atom. The van der Waals surface area contributed by atoms with E-state index in [1.165, 1.54) is 0 Å². The van der Waals surface area contributed by atoms with Crippen LogP contribution in [0.1, 0.15) is 30.5 Å². The van der Waals surface area contributed by atoms with Gasteiger partial charge in [0.05, 0.1) is 6.42 Å². The molecule has 2 bridgehead atoms. The van der Waals surface area contributed by atoms with Crippen molar-refractivity contribution < 1.29 is 9.59 Å². The van der Waals surface area contributed by atoms with Crippen LogP contribution < -0.4 is 10.9 Å². The van der Waals surface area contributed by atoms with E-state index in [-0.39, 0.29) is 35.6 Å². The third kappa shape index (κ3) is 3.52. The molecule has 1 aromatic carbocycles. The van der Waals surface area contributed by atoms with E-state index >= 15 is 0 Å². The molecule has 6 nitrogen and oxygen atoms in total. The number of benzene rings is 1. The second-order valence-corrected chi connectivity index (χ2v) is 7.52. The molecule has 0 aliphatic carbocycles. The van der Waals surface area contributed by atoms with Gasteiger partial charge < -0.3 is 14.8 Å². The fourth-order valence-corrected chi connectivity index (χ4v) is 4.27. The molecule has 0 radical (unpaired) electrons. The average molecular weight is 365 g/mol. The van der Waals surface area contributed by atoms with Crippen molar-refractivity contribution in [2.45, 2.75) is 32.2 Å². The van der Waals surface area contributed by atoms with Crippen LogP contribution in [0.4, 0.5) is 5.69 Å². The quantitative estimate of drug-likeness (QED) is 0.904. The van der Waals surface area contributed by atoms with Crippen LogP contribution in [0.15, 0.2) is 47.3 Å². The van der Waals surface area contributed by atoms with Gasteiger partial charge in [-0.1, -0.05) is 30.3 Å². The summed E-state index contributed by atoms with van der Waals surface area (Å²) >= 11 is 0. The average Bonchev–Trinajstić information content (AvgIpc) is 2.65. The Balaban J connectivity index is 1.54. The summed E-state index contributed by atoms with van der Waals surface area (Å²) in [5.74, 6) is 0.360. The summed E-state index contributed by atoms with van der Waals surface area (Å²) in [6, 6.07) is 13.1. The van der Waals surface area contributed by atoms with Crippen molar-refractivity contribution in [3.05, 3.63) is 64.1 Å². The first-order chi connectivity index (χ1) is 13.0. The molecule has 1 fully saturated rings. The molecule has 2 aliphatic rings. The first-order valence-corrected chi connectivity index (χ1v) is 9.34. The van der Waals surface area contributed by atoms with Crippen molar-refractivity contribution in [1.82, 2.24) is 9.47 Å². The predicted molar refractivity (Wildman–Crippen MR) is 103 cm³/mol. The Labute approximate surface area is 157 Å². The molecule has 0 spiro atoms. The van der Waals surface area contributed by atoms with Gasteiger partial charge in [-0.25, -0.2) is 0 Å². The van der Waals surface area contributed by atoms with Gasteiger partial charge in [0.15, 0.2) is 0 Å². The van der Waals surface area contributed by atoms with Crippen molar-refractivity contribution in [2.24, 2.45) is 5.92 Å². The molecule has 4 rings (SSSR count). The number of pyridine rings is 1. The molecular weight excluding hydrogens is 342 g/mol. The lowest BCUT2D eigenvalue weighted by Crippen LogP contribution is -2.48. The standard InChI is InChI=1S/C21H23N3O3/c1-14(25)23-11-16-9-17(13-23)19-8-7-18(21(27)24(19)12-16)22-20(26)10-15-5-3-2-4-6-15/h2-8,16-17H,9-13H2,1H3,(H,22,26)/t16-,17-/m1/s1. The van der Waals surface area contributed by atoms with Crippen molar-refractivity contribution >= 4 is 17.5 Å². The van der Waals surface area contributed by atoms with E-state index in [1.54, 1.807) is 17.6 Å². The summed E-state index contributed by atoms with van der Waals surface area (Å²) < 4.78 is 1.79. The fourth-order valence-electron chi connectivity index (χ4n) is 4.27. The third-order valence-electron chi connectivity index (χ3n) is 5.53. The number of likely N-dealkylation sites (tertiary alicyclic amines) is 1. The molecule has 140 valence electrons. The monoisotopic (exact) mass is 365 g/mol. The number of hydrogen-bond donors (Lipinski definition) is 1. The molecule has 2 aliphatic heterocycles. The summed E-state index contributed by atoms with van der Waals surface area (Å²) in [5.41, 5.74) is 2.04. The maximum atomic E-state index is 12.9. The number of carbonyl (C=O) groups is 2. The highest BCUT2D eigenvalue weighted by atomic mass is 16.2. The number of nitrogens with zero attached hydrogens (tertiary/aromatic N) is 2. The van der Waals surface area contributed by atoms with Crippen LogP contribution in [0.25, 0.3) is 0 Å². The Hall–Kier alpha value is -2.89. The van der Waals surface area contributed by atoms with E-state index in [0.29, 0.717) is 25.3 Å². The normalized spacial score (nSPS) is 20.7. The van der Waals surface area contributed by atoms with Crippen molar-refractivity contribution in [3.8, 4) is 0 Å². The van der Waals surface area contributed by atoms with Crippen molar-refractivity contribution in [3.63, 3.8) is 0 Å². The summed E-state index contributed by atoms with van der Waals surface area (Å²) in [4.78, 5) is 38.8. The van der Waals surface area contributed by atoms with Gasteiger partial charge in [0, 0.05) is 38.2 Å². The minimum atomic E-state index is -0.197. The summed E-state index contributed by atoms with van der Waals surface area (Å²) in [6.07, 6.45) is 1.24. The number of anilines is 1. The number of amides is 2. The molecule has 2 aromatic rings. The predicted octanol–water partition coefficient (Wildman–Crippen LogP) is 2.00. The van der Waals surface area contributed by atoms with Gasteiger partial charge in [-0.3, -0.25) is 14.4 Å². The van der Waals surface area contributed by atoms with Crippen LogP contribution in [0.5, 0.6) is 0 Å². The van der Waals surface area contributed by atoms with Crippen LogP contribution in [0, 0.1) is 5.92 Å². The van der Waals surface area contributed by atoms with E-state index in [2.05, 4.69) is 5.32 Å². The Bertz CT molecular complexity index is 935. The highest BCUT2D eigenvalue weighted by Gasteiger charge is 2.35. The van der Waals surface area contributed by atoms with Gasteiger partial charge in [0.2, 0.25) is 11.8 Å². The van der Waals surface area contributed by atoms with Crippen LogP contribution in [0.2, 0.25) is 0 Å². The number of piperidine rings is 1. The highest BCUT2D eigenvalue weighted by molar-refractivity contribution is 5.92. The zero-order valence-corrected chi connectivity index (χ0v) is 15.4. The maximum absolute atomic E-state index is 12.9. The maximum Gasteiger partial charge on any atom is 0.274 e. The lowest BCUT2D eigenvalue weighted by molar-refractivity contribution is -0.131. The Morgan fingerprint density at radius 3 is 2.59 bits per heavy atom. The molecule has 27 heavy (non-hydrogen) atoms. The van der Waals surface area contributed by atoms with Gasteiger partial charge in [-0.2, -0.15) is 0 Å². The van der Waals surface area contributed by atoms with Gasteiger partial charge in [-0.05, 0) is 30.0 Å². The largest absolute Gasteiger partial charge is 0.342 e. The zero-order valence-electron chi connectivity index (χ0n) is 15.4. The van der Waals surface area contributed by atoms with Crippen molar-refractivity contribution in [2.75, 3.05) is 18.4 Å². The SMILES string of the molecule is CC(=O)N1C[C@H]2C[C@H](C1)c1ccc(NC(=O)Cc3ccccc3)c(=O)n1C2. The second-order valence-electron chi connectivity index (χ2n) is 7.52. The van der Waals surface area contributed by atoms with Gasteiger partial charge in [0.1, 0.15) is 5.69 Å². The second kappa shape index (κ2) is 7.02. The van der Waals surface area contributed by atoms with Crippen LogP contribution in [-0.2, 0) is 22.6 Å². The smallest absolute Gasteiger partial charge is 0.274 e. The van der Waals surface area contributed by atoms with Gasteiger partial charge in [0.25, 0.3) is 5.56 Å². The number of nitrogens with one attached hydrogen (secondary N) is 1. The van der Waals surface area contributed by atoms with Crippen LogP contribution in [0.3, 0.4) is 0 Å². The molecule has 0 unspecified atom stereocenters. The van der Waals surface area contributed by atoms with E-state index in [9.17, 15) is 14.4 Å². The van der Waals surface area contributed by atoms with Gasteiger partial charge in [-0.15, -0.1) is 0 Å². The van der Waals surface area contributed by atoms with Crippen LogP contribution >= 0.6 is 0 Å². The van der Waals surface area contributed by atoms with Gasteiger partial charge >= 0.3 is 0 Å². The molecule has 6 heteroatoms. The zero-order chi connectivity index (χ0) is 19.0. The van der Waals surface area contributed by atoms with E-state index in [1.807, 2.05) is 41.3 Å². The lowest BCUT2D eigenvalue weighted by atomic mass is 9.83. The topological polar surface area (TPSA) is 71.4 Å². The van der Waals surface area contributed by atoms with E-state index in [4.69, 9.17) is 0 Å². The molecular formula is C21H23N3O3. The summed E-state index contributed by atoms with van der Waals surface area (Å²) in [5, 5.41) is 2.76. The highest BCUT2D eigenvalue weighted by Crippen LogP contribution is 2.35. The number of aromatic nitrogens is 1. The molecule has 1 N–H and O–H groups in total. The third-order valence-corrected chi connectivity index (χ3v) is 5.53. The number of carbonyl (C=O) groups excluding carboxylic acids is 2. The molecule has 1 saturated heterocycles. The number of fused-ring (bicyclic) bond motifs is 4. The molecule has 0 saturated carbocycles. The summed E-state index contributed by atoms with van der Waals surface area (Å²) in [6.45, 7) is 3.55. The lowest BCUT2D eigenvalue weighted by Gasteiger charge is -2.42. The van der Waals surface area contributed by atoms with Crippen molar-refractivity contribution in [1.29, 1.82) is 0 Å². The minimum Gasteiger partial charge on any atom is -0.342 e. The summed E-state index contributed by atoms with van der Waals surface area (Å²) in [7, 11) is 0. The fraction of sp³-hybridized carbons (Fsp3) is 0.381. The Morgan fingerprint density at radius 1 is 1.07 bits per heavy atom. The van der Waals surface area contributed by atoms with E-state index in [0.717, 1.165) is 17.7 Å². The Kier molecular flexibility index (Phi) is 4.56. The molecule has 2 atom stereocenters. The molecule has 1 aromatic heterocycles. The first kappa shape index (κ1) is 17.5. The van der Waals surface area contributed by atoms with Crippen LogP contribution in [-0.4, -0.2) is 34.4 Å². The van der Waals surface area contributed by atoms with E-state index < -0.39 is 0 Å². The molecule has 3 heterocycles. The molecule has 2 amide bonds. The number of hydrogen-bond acceptors (Lipinski definition) is 3. The minimum absolute atomic E-state index is 0.0882. The first-order valence-electron chi connectivity index (χ1n) is 9.34. The number of rotatable bonds is 3.